The third kappa shape index (κ3) is 3.60. The van der Waals surface area contributed by atoms with Crippen LogP contribution in [0, 0.1) is 17.8 Å². The van der Waals surface area contributed by atoms with Crippen LogP contribution >= 0.6 is 0 Å². The first-order valence-electron chi connectivity index (χ1n) is 9.83. The van der Waals surface area contributed by atoms with Crippen LogP contribution in [0.4, 0.5) is 0 Å². The van der Waals surface area contributed by atoms with E-state index in [0.29, 0.717) is 12.0 Å². The first kappa shape index (κ1) is 17.3. The summed E-state index contributed by atoms with van der Waals surface area (Å²) in [6, 6.07) is 0.596. The van der Waals surface area contributed by atoms with Gasteiger partial charge in [0, 0.05) is 6.04 Å². The van der Waals surface area contributed by atoms with Crippen molar-refractivity contribution in [2.45, 2.75) is 96.2 Å². The van der Waals surface area contributed by atoms with Gasteiger partial charge in [0.15, 0.2) is 0 Å². The van der Waals surface area contributed by atoms with E-state index in [1.807, 2.05) is 20.8 Å². The number of ether oxygens (including phenoxy) is 1. The number of nitrogens with zero attached hydrogens (tertiary/aromatic N) is 1. The van der Waals surface area contributed by atoms with Crippen LogP contribution in [0.3, 0.4) is 0 Å². The van der Waals surface area contributed by atoms with Gasteiger partial charge in [-0.1, -0.05) is 44.9 Å². The van der Waals surface area contributed by atoms with Gasteiger partial charge in [-0.2, -0.15) is 0 Å². The number of likely N-dealkylation sites (N-methyl/N-ethyl adjacent to an activating group) is 1. The van der Waals surface area contributed by atoms with Crippen LogP contribution in [0.25, 0.3) is 0 Å². The lowest BCUT2D eigenvalue weighted by molar-refractivity contribution is -0.162. The topological polar surface area (TPSA) is 29.5 Å². The van der Waals surface area contributed by atoms with Crippen molar-refractivity contribution in [3.05, 3.63) is 0 Å². The van der Waals surface area contributed by atoms with Gasteiger partial charge in [0.05, 0.1) is 0 Å². The molecular formula is C20H35NO2. The third-order valence-electron chi connectivity index (χ3n) is 6.44. The van der Waals surface area contributed by atoms with Crippen molar-refractivity contribution >= 4 is 5.97 Å². The van der Waals surface area contributed by atoms with Crippen LogP contribution in [0.2, 0.25) is 0 Å². The highest BCUT2D eigenvalue weighted by Gasteiger charge is 2.54. The summed E-state index contributed by atoms with van der Waals surface area (Å²) in [5, 5.41) is 0. The number of hydrogen-bond acceptors (Lipinski definition) is 3. The quantitative estimate of drug-likeness (QED) is 0.706. The summed E-state index contributed by atoms with van der Waals surface area (Å²) >= 11 is 0. The van der Waals surface area contributed by atoms with Crippen LogP contribution in [0.5, 0.6) is 0 Å². The summed E-state index contributed by atoms with van der Waals surface area (Å²) < 4.78 is 5.84. The van der Waals surface area contributed by atoms with Crippen LogP contribution < -0.4 is 0 Å². The maximum atomic E-state index is 13.0. The van der Waals surface area contributed by atoms with Gasteiger partial charge < -0.3 is 4.74 Å². The van der Waals surface area contributed by atoms with Crippen molar-refractivity contribution in [2.75, 3.05) is 7.05 Å². The van der Waals surface area contributed by atoms with Gasteiger partial charge in [-0.25, -0.2) is 0 Å². The van der Waals surface area contributed by atoms with Gasteiger partial charge in [-0.3, -0.25) is 9.69 Å². The van der Waals surface area contributed by atoms with Crippen LogP contribution in [0.15, 0.2) is 0 Å². The molecule has 0 aromatic heterocycles. The first-order chi connectivity index (χ1) is 10.9. The van der Waals surface area contributed by atoms with Gasteiger partial charge >= 0.3 is 5.97 Å². The molecule has 0 radical (unpaired) electrons. The normalized spacial score (nSPS) is 36.7. The zero-order valence-electron chi connectivity index (χ0n) is 15.5. The maximum Gasteiger partial charge on any atom is 0.324 e. The minimum Gasteiger partial charge on any atom is -0.459 e. The number of carbonyl (C=O) groups is 1. The van der Waals surface area contributed by atoms with E-state index in [4.69, 9.17) is 4.74 Å². The number of fused-ring (bicyclic) bond motifs is 1. The molecule has 3 rings (SSSR count). The van der Waals surface area contributed by atoms with Crippen LogP contribution in [-0.2, 0) is 9.53 Å². The fourth-order valence-corrected chi connectivity index (χ4v) is 5.62. The third-order valence-corrected chi connectivity index (χ3v) is 6.44. The highest BCUT2D eigenvalue weighted by Crippen LogP contribution is 2.49. The Labute approximate surface area is 142 Å². The van der Waals surface area contributed by atoms with E-state index in [2.05, 4.69) is 11.9 Å². The summed E-state index contributed by atoms with van der Waals surface area (Å²) in [6.45, 7) is 5.97. The summed E-state index contributed by atoms with van der Waals surface area (Å²) in [6.07, 6.45) is 12.0. The largest absolute Gasteiger partial charge is 0.459 e. The molecule has 0 spiro atoms. The van der Waals surface area contributed by atoms with Crippen molar-refractivity contribution in [1.82, 2.24) is 4.90 Å². The molecule has 0 N–H and O–H groups in total. The molecular weight excluding hydrogens is 286 g/mol. The van der Waals surface area contributed by atoms with E-state index < -0.39 is 0 Å². The highest BCUT2D eigenvalue weighted by atomic mass is 16.6. The molecule has 4 atom stereocenters. The highest BCUT2D eigenvalue weighted by molar-refractivity contribution is 5.77. The average molecular weight is 322 g/mol. The predicted molar refractivity (Wildman–Crippen MR) is 93.2 cm³/mol. The Balaban J connectivity index is 1.84. The van der Waals surface area contributed by atoms with E-state index in [1.165, 1.54) is 57.8 Å². The van der Waals surface area contributed by atoms with Gasteiger partial charge in [0.25, 0.3) is 0 Å². The standard InChI is InChI=1S/C20H35NO2/c1-20(2,3)23-19(22)18-17(14-10-6-5-7-11-14)15-12-8-9-13-16(15)21(18)4/h14-18H,5-13H2,1-4H3. The lowest BCUT2D eigenvalue weighted by Crippen LogP contribution is -2.45. The second kappa shape index (κ2) is 6.74. The summed E-state index contributed by atoms with van der Waals surface area (Å²) in [5.74, 6) is 2.01. The van der Waals surface area contributed by atoms with Crippen molar-refractivity contribution in [1.29, 1.82) is 0 Å². The number of likely N-dealkylation sites (tertiary alicyclic amines) is 1. The second-order valence-corrected chi connectivity index (χ2v) is 9.13. The summed E-state index contributed by atoms with van der Waals surface area (Å²) in [4.78, 5) is 15.4. The van der Waals surface area contributed by atoms with E-state index in [-0.39, 0.29) is 17.6 Å². The van der Waals surface area contributed by atoms with E-state index >= 15 is 0 Å². The summed E-state index contributed by atoms with van der Waals surface area (Å²) in [7, 11) is 2.18. The van der Waals surface area contributed by atoms with Crippen LogP contribution in [-0.4, -0.2) is 35.6 Å². The minimum atomic E-state index is -0.386. The fourth-order valence-electron chi connectivity index (χ4n) is 5.62. The molecule has 2 aliphatic carbocycles. The Bertz CT molecular complexity index is 422. The monoisotopic (exact) mass is 321 g/mol. The van der Waals surface area contributed by atoms with E-state index in [1.54, 1.807) is 0 Å². The zero-order chi connectivity index (χ0) is 16.6. The molecule has 3 heteroatoms. The number of rotatable bonds is 2. The predicted octanol–water partition coefficient (Wildman–Crippen LogP) is 4.40. The Morgan fingerprint density at radius 2 is 1.57 bits per heavy atom. The molecule has 0 bridgehead atoms. The smallest absolute Gasteiger partial charge is 0.324 e. The molecule has 1 aliphatic heterocycles. The van der Waals surface area contributed by atoms with Gasteiger partial charge in [-0.15, -0.1) is 0 Å². The molecule has 0 aromatic rings. The van der Waals surface area contributed by atoms with Crippen molar-refractivity contribution < 1.29 is 9.53 Å². The molecule has 4 unspecified atom stereocenters. The van der Waals surface area contributed by atoms with Crippen LogP contribution in [0.1, 0.15) is 78.6 Å². The zero-order valence-corrected chi connectivity index (χ0v) is 15.5. The van der Waals surface area contributed by atoms with Crippen molar-refractivity contribution in [3.8, 4) is 0 Å². The van der Waals surface area contributed by atoms with E-state index in [9.17, 15) is 4.79 Å². The lowest BCUT2D eigenvalue weighted by atomic mass is 9.68. The molecule has 3 nitrogen and oxygen atoms in total. The number of esters is 1. The Kier molecular flexibility index (Phi) is 5.06. The van der Waals surface area contributed by atoms with Crippen molar-refractivity contribution in [3.63, 3.8) is 0 Å². The summed E-state index contributed by atoms with van der Waals surface area (Å²) in [5.41, 5.74) is -0.386. The molecule has 23 heavy (non-hydrogen) atoms. The molecule has 1 heterocycles. The van der Waals surface area contributed by atoms with Gasteiger partial charge in [-0.05, 0) is 58.4 Å². The molecule has 3 aliphatic rings. The van der Waals surface area contributed by atoms with Gasteiger partial charge in [0.1, 0.15) is 11.6 Å². The Morgan fingerprint density at radius 1 is 0.957 bits per heavy atom. The Morgan fingerprint density at radius 3 is 2.22 bits per heavy atom. The average Bonchev–Trinajstić information content (AvgIpc) is 2.80. The molecule has 1 saturated heterocycles. The van der Waals surface area contributed by atoms with Crippen molar-refractivity contribution in [2.24, 2.45) is 17.8 Å². The molecule has 2 saturated carbocycles. The number of hydrogen-bond donors (Lipinski definition) is 0. The first-order valence-corrected chi connectivity index (χ1v) is 9.83. The lowest BCUT2D eigenvalue weighted by Gasteiger charge is -2.36. The molecule has 3 fully saturated rings. The minimum absolute atomic E-state index is 0.00887. The van der Waals surface area contributed by atoms with Gasteiger partial charge in [0.2, 0.25) is 0 Å². The van der Waals surface area contributed by atoms with E-state index in [0.717, 1.165) is 11.8 Å². The second-order valence-electron chi connectivity index (χ2n) is 9.13. The fraction of sp³-hybridized carbons (Fsp3) is 0.950. The maximum absolute atomic E-state index is 13.0. The Hall–Kier alpha value is -0.570. The molecule has 0 aromatic carbocycles. The molecule has 132 valence electrons. The SMILES string of the molecule is CN1C2CCCCC2C(C2CCCCC2)C1C(=O)OC(C)(C)C. The number of carbonyl (C=O) groups excluding carboxylic acids is 1. The molecule has 0 amide bonds.